The van der Waals surface area contributed by atoms with Crippen LogP contribution in [0.5, 0.6) is 11.5 Å². The van der Waals surface area contributed by atoms with Gasteiger partial charge in [-0.15, -0.1) is 0 Å². The maximum Gasteiger partial charge on any atom is 0.342 e. The van der Waals surface area contributed by atoms with Gasteiger partial charge < -0.3 is 9.47 Å². The first-order valence-corrected chi connectivity index (χ1v) is 5.77. The summed E-state index contributed by atoms with van der Waals surface area (Å²) in [5.74, 6) is 1.49. The first-order chi connectivity index (χ1) is 6.14. The predicted molar refractivity (Wildman–Crippen MR) is 59.9 cm³/mol. The lowest BCUT2D eigenvalue weighted by molar-refractivity contribution is 0.0289. The van der Waals surface area contributed by atoms with Crippen LogP contribution in [-0.4, -0.2) is 9.67 Å². The van der Waals surface area contributed by atoms with Crippen molar-refractivity contribution in [2.24, 2.45) is 0 Å². The van der Waals surface area contributed by atoms with E-state index in [1.165, 1.54) is 0 Å². The predicted octanol–water partition coefficient (Wildman–Crippen LogP) is 3.09. The van der Waals surface area contributed by atoms with Gasteiger partial charge in [0, 0.05) is 0 Å². The Bertz CT molecular complexity index is 342. The van der Waals surface area contributed by atoms with E-state index in [-0.39, 0.29) is 0 Å². The summed E-state index contributed by atoms with van der Waals surface area (Å²) in [4.78, 5) is 0. The zero-order chi connectivity index (χ0) is 9.47. The summed E-state index contributed by atoms with van der Waals surface area (Å²) in [5, 5.41) is -1.00. The minimum Gasteiger partial charge on any atom is -0.435 e. The zero-order valence-electron chi connectivity index (χ0n) is 7.01. The highest BCUT2D eigenvalue weighted by molar-refractivity contribution is 14.1. The molecule has 2 rings (SSSR count). The number of hydrogen-bond acceptors (Lipinski definition) is 2. The smallest absolute Gasteiger partial charge is 0.342 e. The third-order valence-electron chi connectivity index (χ3n) is 1.85. The molecule has 2 nitrogen and oxygen atoms in total. The van der Waals surface area contributed by atoms with Crippen LogP contribution >= 0.6 is 34.2 Å². The molecule has 0 aliphatic carbocycles. The van der Waals surface area contributed by atoms with E-state index in [0.29, 0.717) is 4.43 Å². The summed E-state index contributed by atoms with van der Waals surface area (Å²) >= 11 is 8.17. The summed E-state index contributed by atoms with van der Waals surface area (Å²) in [6.07, 6.45) is 0. The van der Waals surface area contributed by atoms with E-state index >= 15 is 0 Å². The number of hydrogen-bond donors (Lipinski definition) is 0. The van der Waals surface area contributed by atoms with E-state index in [1.54, 1.807) is 0 Å². The molecule has 1 aliphatic rings. The van der Waals surface area contributed by atoms with Crippen molar-refractivity contribution < 1.29 is 9.47 Å². The van der Waals surface area contributed by atoms with Gasteiger partial charge in [-0.1, -0.05) is 34.7 Å². The van der Waals surface area contributed by atoms with E-state index < -0.39 is 5.25 Å². The van der Waals surface area contributed by atoms with Gasteiger partial charge in [-0.05, 0) is 30.2 Å². The summed E-state index contributed by atoms with van der Waals surface area (Å²) in [5.41, 5.74) is 1.05. The molecule has 13 heavy (non-hydrogen) atoms. The van der Waals surface area contributed by atoms with Crippen molar-refractivity contribution in [3.05, 3.63) is 23.8 Å². The molecule has 1 atom stereocenters. The molecule has 4 heteroatoms. The van der Waals surface area contributed by atoms with Crippen molar-refractivity contribution in [2.75, 3.05) is 4.43 Å². The van der Waals surface area contributed by atoms with Crippen LogP contribution in [0.25, 0.3) is 0 Å². The van der Waals surface area contributed by atoms with Crippen molar-refractivity contribution in [1.82, 2.24) is 0 Å². The molecule has 1 unspecified atom stereocenters. The van der Waals surface area contributed by atoms with Gasteiger partial charge in [0.15, 0.2) is 11.5 Å². The third-order valence-corrected chi connectivity index (χ3v) is 3.60. The number of alkyl halides is 2. The number of aryl methyl sites for hydroxylation is 1. The molecule has 70 valence electrons. The van der Waals surface area contributed by atoms with Gasteiger partial charge in [0.1, 0.15) is 0 Å². The lowest BCUT2D eigenvalue weighted by Gasteiger charge is -2.16. The Morgan fingerprint density at radius 2 is 2.23 bits per heavy atom. The van der Waals surface area contributed by atoms with Crippen LogP contribution in [0.3, 0.4) is 0 Å². The fraction of sp³-hybridized carbons (Fsp3) is 0.333. The minimum atomic E-state index is -1.00. The normalized spacial score (nSPS) is 24.8. The number of rotatable bonds is 1. The van der Waals surface area contributed by atoms with Crippen LogP contribution < -0.4 is 9.47 Å². The highest BCUT2D eigenvalue weighted by Gasteiger charge is 2.39. The van der Waals surface area contributed by atoms with E-state index in [9.17, 15) is 0 Å². The topological polar surface area (TPSA) is 18.5 Å². The fourth-order valence-corrected chi connectivity index (χ4v) is 1.70. The van der Waals surface area contributed by atoms with Crippen LogP contribution in [0.1, 0.15) is 5.56 Å². The second-order valence-electron chi connectivity index (χ2n) is 2.90. The molecule has 0 saturated carbocycles. The van der Waals surface area contributed by atoms with Gasteiger partial charge >= 0.3 is 5.25 Å². The van der Waals surface area contributed by atoms with E-state index in [2.05, 4.69) is 22.6 Å². The van der Waals surface area contributed by atoms with Gasteiger partial charge in [0.2, 0.25) is 0 Å². The summed E-state index contributed by atoms with van der Waals surface area (Å²) < 4.78 is 11.6. The molecule has 0 radical (unpaired) electrons. The Hall–Kier alpha value is -0.160. The largest absolute Gasteiger partial charge is 0.435 e. The summed E-state index contributed by atoms with van der Waals surface area (Å²) in [6, 6.07) is 5.75. The van der Waals surface area contributed by atoms with Crippen molar-refractivity contribution in [3.8, 4) is 11.5 Å². The lowest BCUT2D eigenvalue weighted by atomic mass is 10.2. The molecular weight excluding hydrogens is 302 g/mol. The Balaban J connectivity index is 2.40. The Morgan fingerprint density at radius 3 is 2.85 bits per heavy atom. The molecule has 0 amide bonds. The molecule has 0 saturated heterocycles. The van der Waals surface area contributed by atoms with Crippen molar-refractivity contribution in [2.45, 2.75) is 12.2 Å². The van der Waals surface area contributed by atoms with Crippen molar-refractivity contribution in [3.63, 3.8) is 0 Å². The van der Waals surface area contributed by atoms with E-state index in [0.717, 1.165) is 17.1 Å². The average Bonchev–Trinajstić information content (AvgIpc) is 2.45. The van der Waals surface area contributed by atoms with Gasteiger partial charge in [0.25, 0.3) is 0 Å². The molecule has 1 aliphatic heterocycles. The highest BCUT2D eigenvalue weighted by atomic mass is 127. The van der Waals surface area contributed by atoms with Gasteiger partial charge in [0.05, 0.1) is 4.43 Å². The first kappa shape index (κ1) is 9.40. The zero-order valence-corrected chi connectivity index (χ0v) is 9.93. The molecular formula is C9H8ClIO2. The summed E-state index contributed by atoms with van der Waals surface area (Å²) in [7, 11) is 0. The molecule has 0 fully saturated rings. The molecule has 1 aromatic carbocycles. The van der Waals surface area contributed by atoms with Crippen LogP contribution in [0.15, 0.2) is 18.2 Å². The van der Waals surface area contributed by atoms with Gasteiger partial charge in [-0.3, -0.25) is 0 Å². The Labute approximate surface area is 95.3 Å². The van der Waals surface area contributed by atoms with Crippen LogP contribution in [0, 0.1) is 6.92 Å². The molecule has 1 aromatic rings. The SMILES string of the molecule is Cc1cccc2c1OC(Cl)(CI)O2. The second kappa shape index (κ2) is 3.20. The molecule has 0 spiro atoms. The number of para-hydroxylation sites is 1. The maximum atomic E-state index is 6.04. The minimum absolute atomic E-state index is 0.584. The van der Waals surface area contributed by atoms with Crippen LogP contribution in [-0.2, 0) is 0 Å². The van der Waals surface area contributed by atoms with Crippen LogP contribution in [0.4, 0.5) is 0 Å². The summed E-state index contributed by atoms with van der Waals surface area (Å²) in [6.45, 7) is 1.97. The van der Waals surface area contributed by atoms with Gasteiger partial charge in [-0.25, -0.2) is 0 Å². The molecule has 0 bridgehead atoms. The van der Waals surface area contributed by atoms with E-state index in [4.69, 9.17) is 21.1 Å². The van der Waals surface area contributed by atoms with E-state index in [1.807, 2.05) is 25.1 Å². The average molecular weight is 311 g/mol. The van der Waals surface area contributed by atoms with Crippen LogP contribution in [0.2, 0.25) is 0 Å². The molecule has 1 heterocycles. The van der Waals surface area contributed by atoms with Crippen molar-refractivity contribution >= 4 is 34.2 Å². The molecule has 0 N–H and O–H groups in total. The quantitative estimate of drug-likeness (QED) is 0.586. The fourth-order valence-electron chi connectivity index (χ4n) is 1.23. The standard InChI is InChI=1S/C9H8ClIO2/c1-6-3-2-4-7-8(6)13-9(10,5-11)12-7/h2-4H,5H2,1H3. The maximum absolute atomic E-state index is 6.04. The lowest BCUT2D eigenvalue weighted by Crippen LogP contribution is -2.33. The van der Waals surface area contributed by atoms with Gasteiger partial charge in [-0.2, -0.15) is 0 Å². The Kier molecular flexibility index (Phi) is 2.32. The highest BCUT2D eigenvalue weighted by Crippen LogP contribution is 2.43. The van der Waals surface area contributed by atoms with Crippen molar-refractivity contribution in [1.29, 1.82) is 0 Å². The second-order valence-corrected chi connectivity index (χ2v) is 4.24. The Morgan fingerprint density at radius 1 is 1.46 bits per heavy atom. The monoisotopic (exact) mass is 310 g/mol. The third kappa shape index (κ3) is 1.59. The first-order valence-electron chi connectivity index (χ1n) is 3.87. The number of ether oxygens (including phenoxy) is 2. The number of fused-ring (bicyclic) bond motifs is 1. The number of benzene rings is 1. The number of halogens is 2. The molecule has 0 aromatic heterocycles.